The Morgan fingerprint density at radius 1 is 1.09 bits per heavy atom. The molecule has 0 N–H and O–H groups in total. The van der Waals surface area contributed by atoms with E-state index in [2.05, 4.69) is 11.8 Å². The minimum Gasteiger partial charge on any atom is -0.493 e. The number of benzene rings is 2. The molecule has 1 aliphatic heterocycles. The first-order valence-electron chi connectivity index (χ1n) is 11.2. The summed E-state index contributed by atoms with van der Waals surface area (Å²) in [5.74, 6) is 3.06. The van der Waals surface area contributed by atoms with Gasteiger partial charge >= 0.3 is 0 Å². The Labute approximate surface area is 206 Å². The van der Waals surface area contributed by atoms with Crippen LogP contribution in [0, 0.1) is 0 Å². The Kier molecular flexibility index (Phi) is 9.59. The molecular weight excluding hydrogens is 460 g/mol. The largest absolute Gasteiger partial charge is 0.493 e. The number of anilines is 1. The number of rotatable bonds is 10. The molecule has 0 atom stereocenters. The number of carbonyl (C=O) groups is 1. The third-order valence-electron chi connectivity index (χ3n) is 5.83. The third-order valence-corrected chi connectivity index (χ3v) is 7.19. The van der Waals surface area contributed by atoms with Crippen LogP contribution in [0.3, 0.4) is 0 Å². The Morgan fingerprint density at radius 2 is 1.82 bits per heavy atom. The number of fused-ring (bicyclic) bond motifs is 1. The number of likely N-dealkylation sites (N-methyl/N-ethyl adjacent to an activating group) is 1. The minimum atomic E-state index is 0.160. The van der Waals surface area contributed by atoms with Gasteiger partial charge in [-0.3, -0.25) is 4.79 Å². The van der Waals surface area contributed by atoms with Crippen molar-refractivity contribution in [1.29, 1.82) is 0 Å². The fourth-order valence-corrected chi connectivity index (χ4v) is 5.26. The van der Waals surface area contributed by atoms with Crippen LogP contribution in [0.4, 0.5) is 5.69 Å². The maximum absolute atomic E-state index is 13.1. The first-order chi connectivity index (χ1) is 16.0. The lowest BCUT2D eigenvalue weighted by Gasteiger charge is -2.25. The fraction of sp³-hybridized carbons (Fsp3) is 0.480. The lowest BCUT2D eigenvalue weighted by atomic mass is 10.1. The number of carbonyl (C=O) groups excluding carboxylic acids is 1. The van der Waals surface area contributed by atoms with Crippen molar-refractivity contribution in [3.63, 3.8) is 0 Å². The molecule has 33 heavy (non-hydrogen) atoms. The van der Waals surface area contributed by atoms with Crippen LogP contribution in [0.1, 0.15) is 25.3 Å². The van der Waals surface area contributed by atoms with E-state index in [0.717, 1.165) is 54.4 Å². The molecule has 0 unspecified atom stereocenters. The summed E-state index contributed by atoms with van der Waals surface area (Å²) in [6.45, 7) is 5.30. The standard InChI is InChI=1S/C25H33ClN2O4S/c1-5-27(12-9-18-15-21(30-2)25(32-4)22(16-18)31-3)13-10-24(29)28-11-6-14-33-23-17-19(26)7-8-20(23)28/h7-8,15-17H,5-6,9-14H2,1-4H3. The molecule has 0 aromatic heterocycles. The molecule has 0 bridgehead atoms. The molecule has 1 aliphatic rings. The van der Waals surface area contributed by atoms with Crippen molar-refractivity contribution in [2.45, 2.75) is 31.1 Å². The number of nitrogens with zero attached hydrogens (tertiary/aromatic N) is 2. The van der Waals surface area contributed by atoms with E-state index in [1.54, 1.807) is 33.1 Å². The van der Waals surface area contributed by atoms with Crippen molar-refractivity contribution in [2.24, 2.45) is 0 Å². The first kappa shape index (κ1) is 25.5. The molecule has 1 heterocycles. The molecule has 3 rings (SSSR count). The number of ether oxygens (including phenoxy) is 3. The maximum atomic E-state index is 13.1. The number of halogens is 1. The molecule has 0 radical (unpaired) electrons. The van der Waals surface area contributed by atoms with E-state index >= 15 is 0 Å². The molecular formula is C25H33ClN2O4S. The van der Waals surface area contributed by atoms with Gasteiger partial charge in [-0.05, 0) is 61.0 Å². The molecule has 2 aromatic rings. The number of methoxy groups -OCH3 is 3. The molecule has 180 valence electrons. The highest BCUT2D eigenvalue weighted by Gasteiger charge is 2.22. The molecule has 0 spiro atoms. The van der Waals surface area contributed by atoms with E-state index in [9.17, 15) is 4.79 Å². The maximum Gasteiger partial charge on any atom is 0.228 e. The molecule has 2 aromatic carbocycles. The van der Waals surface area contributed by atoms with Gasteiger partial charge in [0, 0.05) is 36.0 Å². The highest BCUT2D eigenvalue weighted by Crippen LogP contribution is 2.38. The zero-order chi connectivity index (χ0) is 23.8. The van der Waals surface area contributed by atoms with Crippen LogP contribution in [0.15, 0.2) is 35.2 Å². The van der Waals surface area contributed by atoms with Gasteiger partial charge in [-0.2, -0.15) is 0 Å². The monoisotopic (exact) mass is 492 g/mol. The van der Waals surface area contributed by atoms with Crippen molar-refractivity contribution in [2.75, 3.05) is 58.2 Å². The number of hydrogen-bond donors (Lipinski definition) is 0. The van der Waals surface area contributed by atoms with Gasteiger partial charge in [-0.25, -0.2) is 0 Å². The summed E-state index contributed by atoms with van der Waals surface area (Å²) in [5.41, 5.74) is 2.08. The summed E-state index contributed by atoms with van der Waals surface area (Å²) in [4.78, 5) is 18.5. The van der Waals surface area contributed by atoms with Crippen LogP contribution in [0.5, 0.6) is 17.2 Å². The van der Waals surface area contributed by atoms with Crippen molar-refractivity contribution in [3.05, 3.63) is 40.9 Å². The molecule has 1 amide bonds. The van der Waals surface area contributed by atoms with Gasteiger partial charge < -0.3 is 24.0 Å². The van der Waals surface area contributed by atoms with E-state index in [1.807, 2.05) is 35.2 Å². The zero-order valence-electron chi connectivity index (χ0n) is 19.9. The summed E-state index contributed by atoms with van der Waals surface area (Å²) in [6.07, 6.45) is 2.28. The van der Waals surface area contributed by atoms with Gasteiger partial charge in [-0.1, -0.05) is 18.5 Å². The Morgan fingerprint density at radius 3 is 2.45 bits per heavy atom. The summed E-state index contributed by atoms with van der Waals surface area (Å²) in [7, 11) is 4.85. The lowest BCUT2D eigenvalue weighted by molar-refractivity contribution is -0.119. The van der Waals surface area contributed by atoms with Crippen LogP contribution >= 0.6 is 23.4 Å². The van der Waals surface area contributed by atoms with Gasteiger partial charge in [0.25, 0.3) is 0 Å². The van der Waals surface area contributed by atoms with Crippen molar-refractivity contribution >= 4 is 35.0 Å². The van der Waals surface area contributed by atoms with Crippen molar-refractivity contribution < 1.29 is 19.0 Å². The quantitative estimate of drug-likeness (QED) is 0.457. The lowest BCUT2D eigenvalue weighted by Crippen LogP contribution is -2.36. The molecule has 6 nitrogen and oxygen atoms in total. The summed E-state index contributed by atoms with van der Waals surface area (Å²) in [6, 6.07) is 9.76. The average molecular weight is 493 g/mol. The molecule has 0 saturated heterocycles. The third kappa shape index (κ3) is 6.49. The number of thioether (sulfide) groups is 1. The van der Waals surface area contributed by atoms with Crippen LogP contribution in [0.25, 0.3) is 0 Å². The highest BCUT2D eigenvalue weighted by atomic mass is 35.5. The normalized spacial score (nSPS) is 13.5. The summed E-state index contributed by atoms with van der Waals surface area (Å²) >= 11 is 7.94. The fourth-order valence-electron chi connectivity index (χ4n) is 3.99. The van der Waals surface area contributed by atoms with Crippen molar-refractivity contribution in [3.8, 4) is 17.2 Å². The zero-order valence-corrected chi connectivity index (χ0v) is 21.4. The van der Waals surface area contributed by atoms with Crippen LogP contribution in [-0.2, 0) is 11.2 Å². The first-order valence-corrected chi connectivity index (χ1v) is 12.6. The summed E-state index contributed by atoms with van der Waals surface area (Å²) < 4.78 is 16.3. The van der Waals surface area contributed by atoms with Crippen molar-refractivity contribution in [1.82, 2.24) is 4.90 Å². The van der Waals surface area contributed by atoms with Gasteiger partial charge in [-0.15, -0.1) is 11.8 Å². The Bertz CT molecular complexity index is 931. The molecule has 0 aliphatic carbocycles. The Hall–Kier alpha value is -2.09. The topological polar surface area (TPSA) is 51.2 Å². The van der Waals surface area contributed by atoms with Gasteiger partial charge in [0.1, 0.15) is 0 Å². The van der Waals surface area contributed by atoms with Crippen LogP contribution < -0.4 is 19.1 Å². The number of amides is 1. The SMILES string of the molecule is CCN(CCC(=O)N1CCCSc2cc(Cl)ccc21)CCc1cc(OC)c(OC)c(OC)c1. The van der Waals surface area contributed by atoms with E-state index in [0.29, 0.717) is 35.2 Å². The van der Waals surface area contributed by atoms with Gasteiger partial charge in [0.05, 0.1) is 27.0 Å². The van der Waals surface area contributed by atoms with Crippen LogP contribution in [0.2, 0.25) is 5.02 Å². The predicted octanol–water partition coefficient (Wildman–Crippen LogP) is 5.15. The summed E-state index contributed by atoms with van der Waals surface area (Å²) in [5, 5.41) is 0.708. The average Bonchev–Trinajstić information content (AvgIpc) is 3.05. The minimum absolute atomic E-state index is 0.160. The Balaban J connectivity index is 1.62. The smallest absolute Gasteiger partial charge is 0.228 e. The molecule has 8 heteroatoms. The van der Waals surface area contributed by atoms with E-state index < -0.39 is 0 Å². The molecule has 0 saturated carbocycles. The second-order valence-corrected chi connectivity index (χ2v) is 9.40. The van der Waals surface area contributed by atoms with Crippen LogP contribution in [-0.4, -0.2) is 64.1 Å². The second-order valence-electron chi connectivity index (χ2n) is 7.83. The predicted molar refractivity (Wildman–Crippen MR) is 136 cm³/mol. The van der Waals surface area contributed by atoms with E-state index in [-0.39, 0.29) is 5.91 Å². The van der Waals surface area contributed by atoms with E-state index in [1.165, 1.54) is 0 Å². The molecule has 0 fully saturated rings. The van der Waals surface area contributed by atoms with Gasteiger partial charge in [0.2, 0.25) is 11.7 Å². The second kappa shape index (κ2) is 12.4. The van der Waals surface area contributed by atoms with E-state index in [4.69, 9.17) is 25.8 Å². The highest BCUT2D eigenvalue weighted by molar-refractivity contribution is 7.99. The van der Waals surface area contributed by atoms with Gasteiger partial charge in [0.15, 0.2) is 11.5 Å². The number of hydrogen-bond acceptors (Lipinski definition) is 6.